The molecule has 3 aromatic rings. The zero-order valence-electron chi connectivity index (χ0n) is 17.7. The summed E-state index contributed by atoms with van der Waals surface area (Å²) in [6.07, 6.45) is -1.08. The van der Waals surface area contributed by atoms with Crippen LogP contribution in [0.1, 0.15) is 44.6 Å². The number of hydrogen-bond donors (Lipinski definition) is 2. The van der Waals surface area contributed by atoms with Crippen LogP contribution in [0, 0.1) is 13.8 Å². The smallest absolute Gasteiger partial charge is 0.340 e. The molecule has 2 N–H and O–H groups in total. The maximum atomic E-state index is 12.7. The number of esters is 1. The van der Waals surface area contributed by atoms with Gasteiger partial charge >= 0.3 is 5.97 Å². The molecule has 0 saturated carbocycles. The normalized spacial score (nSPS) is 11.5. The van der Waals surface area contributed by atoms with Crippen molar-refractivity contribution in [2.24, 2.45) is 0 Å². The molecule has 0 aliphatic heterocycles. The minimum absolute atomic E-state index is 0.401. The first kappa shape index (κ1) is 21.8. The number of carbonyl (C=O) groups is 3. The molecule has 1 atom stereocenters. The number of hydrogen-bond acceptors (Lipinski definition) is 4. The van der Waals surface area contributed by atoms with Crippen LogP contribution in [0.2, 0.25) is 0 Å². The van der Waals surface area contributed by atoms with Gasteiger partial charge in [-0.25, -0.2) is 4.79 Å². The van der Waals surface area contributed by atoms with Crippen LogP contribution in [0.4, 0.5) is 0 Å². The van der Waals surface area contributed by atoms with Gasteiger partial charge in [-0.3, -0.25) is 20.4 Å². The molecule has 7 nitrogen and oxygen atoms in total. The van der Waals surface area contributed by atoms with Gasteiger partial charge in [0, 0.05) is 23.5 Å². The molecule has 7 heteroatoms. The molecule has 0 bridgehead atoms. The predicted molar refractivity (Wildman–Crippen MR) is 116 cm³/mol. The van der Waals surface area contributed by atoms with E-state index >= 15 is 0 Å². The second kappa shape index (κ2) is 9.75. The van der Waals surface area contributed by atoms with Crippen LogP contribution in [0.25, 0.3) is 0 Å². The minimum atomic E-state index is -1.08. The first-order valence-electron chi connectivity index (χ1n) is 9.93. The molecule has 1 aromatic heterocycles. The summed E-state index contributed by atoms with van der Waals surface area (Å²) in [4.78, 5) is 36.9. The number of benzene rings is 2. The third-order valence-corrected chi connectivity index (χ3v) is 4.97. The van der Waals surface area contributed by atoms with E-state index in [2.05, 4.69) is 10.9 Å². The Balaban J connectivity index is 1.59. The Bertz CT molecular complexity index is 1070. The molecule has 2 aromatic carbocycles. The van der Waals surface area contributed by atoms with Crippen molar-refractivity contribution in [2.75, 3.05) is 0 Å². The maximum absolute atomic E-state index is 12.7. The molecule has 2 amide bonds. The van der Waals surface area contributed by atoms with Crippen LogP contribution in [0.3, 0.4) is 0 Å². The van der Waals surface area contributed by atoms with Crippen molar-refractivity contribution in [3.8, 4) is 0 Å². The number of nitrogens with zero attached hydrogens (tertiary/aromatic N) is 1. The molecule has 0 aliphatic carbocycles. The molecule has 3 rings (SSSR count). The fourth-order valence-corrected chi connectivity index (χ4v) is 3.18. The van der Waals surface area contributed by atoms with Crippen LogP contribution in [0.5, 0.6) is 0 Å². The summed E-state index contributed by atoms with van der Waals surface area (Å²) in [7, 11) is 0. The van der Waals surface area contributed by atoms with Crippen molar-refractivity contribution in [3.63, 3.8) is 0 Å². The molecule has 0 saturated heterocycles. The van der Waals surface area contributed by atoms with E-state index in [0.717, 1.165) is 17.0 Å². The highest BCUT2D eigenvalue weighted by Gasteiger charge is 2.23. The summed E-state index contributed by atoms with van der Waals surface area (Å²) in [6, 6.07) is 20.1. The van der Waals surface area contributed by atoms with Gasteiger partial charge in [-0.2, -0.15) is 0 Å². The first-order chi connectivity index (χ1) is 14.9. The van der Waals surface area contributed by atoms with E-state index in [1.807, 2.05) is 48.7 Å². The van der Waals surface area contributed by atoms with E-state index < -0.39 is 23.9 Å². The molecule has 0 unspecified atom stereocenters. The van der Waals surface area contributed by atoms with Crippen LogP contribution >= 0.6 is 0 Å². The van der Waals surface area contributed by atoms with Crippen molar-refractivity contribution in [1.29, 1.82) is 0 Å². The highest BCUT2D eigenvalue weighted by atomic mass is 16.5. The number of amides is 2. The Morgan fingerprint density at radius 3 is 2.19 bits per heavy atom. The van der Waals surface area contributed by atoms with Crippen LogP contribution < -0.4 is 10.9 Å². The summed E-state index contributed by atoms with van der Waals surface area (Å²) < 4.78 is 7.34. The summed E-state index contributed by atoms with van der Waals surface area (Å²) in [6.45, 7) is 5.84. The third kappa shape index (κ3) is 5.39. The van der Waals surface area contributed by atoms with Gasteiger partial charge in [-0.1, -0.05) is 48.5 Å². The van der Waals surface area contributed by atoms with Crippen molar-refractivity contribution in [2.45, 2.75) is 33.4 Å². The van der Waals surface area contributed by atoms with Gasteiger partial charge in [-0.05, 0) is 44.5 Å². The van der Waals surface area contributed by atoms with Crippen LogP contribution in [0.15, 0.2) is 66.7 Å². The fourth-order valence-electron chi connectivity index (χ4n) is 3.18. The lowest BCUT2D eigenvalue weighted by Gasteiger charge is -2.14. The molecule has 160 valence electrons. The molecule has 0 fully saturated rings. The lowest BCUT2D eigenvalue weighted by Crippen LogP contribution is -2.46. The molecular formula is C24H25N3O4. The highest BCUT2D eigenvalue weighted by molar-refractivity contribution is 5.96. The Hall–Kier alpha value is -3.87. The second-order valence-corrected chi connectivity index (χ2v) is 7.21. The Morgan fingerprint density at radius 1 is 0.935 bits per heavy atom. The quantitative estimate of drug-likeness (QED) is 0.474. The number of aryl methyl sites for hydroxylation is 1. The molecule has 1 heterocycles. The molecule has 0 aliphatic rings. The van der Waals surface area contributed by atoms with E-state index in [1.54, 1.807) is 36.4 Å². The first-order valence-corrected chi connectivity index (χ1v) is 9.93. The van der Waals surface area contributed by atoms with E-state index in [1.165, 1.54) is 6.92 Å². The van der Waals surface area contributed by atoms with E-state index in [4.69, 9.17) is 4.74 Å². The number of carbonyl (C=O) groups excluding carboxylic acids is 3. The van der Waals surface area contributed by atoms with Crippen LogP contribution in [-0.2, 0) is 16.1 Å². The van der Waals surface area contributed by atoms with Crippen molar-refractivity contribution in [1.82, 2.24) is 15.4 Å². The summed E-state index contributed by atoms with van der Waals surface area (Å²) in [5.74, 6) is -1.68. The fraction of sp³-hybridized carbons (Fsp3) is 0.208. The zero-order chi connectivity index (χ0) is 22.4. The lowest BCUT2D eigenvalue weighted by molar-refractivity contribution is -0.129. The van der Waals surface area contributed by atoms with E-state index in [0.29, 0.717) is 17.7 Å². The monoisotopic (exact) mass is 419 g/mol. The second-order valence-electron chi connectivity index (χ2n) is 7.21. The number of hydrazine groups is 1. The Labute approximate surface area is 181 Å². The van der Waals surface area contributed by atoms with Crippen molar-refractivity contribution in [3.05, 3.63) is 94.8 Å². The average Bonchev–Trinajstić information content (AvgIpc) is 3.06. The zero-order valence-corrected chi connectivity index (χ0v) is 17.7. The van der Waals surface area contributed by atoms with E-state index in [-0.39, 0.29) is 0 Å². The Morgan fingerprint density at radius 2 is 1.55 bits per heavy atom. The van der Waals surface area contributed by atoms with Crippen LogP contribution in [-0.4, -0.2) is 28.5 Å². The molecule has 0 spiro atoms. The maximum Gasteiger partial charge on any atom is 0.340 e. The number of aromatic nitrogens is 1. The average molecular weight is 419 g/mol. The summed E-state index contributed by atoms with van der Waals surface area (Å²) in [5.41, 5.74) is 8.19. The standard InChI is InChI=1S/C24H25N3O4/c1-16-14-21(17(2)27(16)15-19-10-6-4-7-11-19)24(30)31-18(3)22(28)25-26-23(29)20-12-8-5-9-13-20/h4-14,18H,15H2,1-3H3,(H,25,28)(H,26,29)/t18-/m1/s1. The van der Waals surface area contributed by atoms with E-state index in [9.17, 15) is 14.4 Å². The van der Waals surface area contributed by atoms with Gasteiger partial charge < -0.3 is 9.30 Å². The molecular weight excluding hydrogens is 394 g/mol. The third-order valence-electron chi connectivity index (χ3n) is 4.97. The van der Waals surface area contributed by atoms with Gasteiger partial charge in [0.2, 0.25) is 0 Å². The predicted octanol–water partition coefficient (Wildman–Crippen LogP) is 3.16. The molecule has 31 heavy (non-hydrogen) atoms. The SMILES string of the molecule is Cc1cc(C(=O)O[C@H](C)C(=O)NNC(=O)c2ccccc2)c(C)n1Cc1ccccc1. The lowest BCUT2D eigenvalue weighted by atomic mass is 10.2. The van der Waals surface area contributed by atoms with Gasteiger partial charge in [-0.15, -0.1) is 0 Å². The molecule has 0 radical (unpaired) electrons. The van der Waals surface area contributed by atoms with Gasteiger partial charge in [0.15, 0.2) is 6.10 Å². The minimum Gasteiger partial charge on any atom is -0.449 e. The largest absolute Gasteiger partial charge is 0.449 e. The van der Waals surface area contributed by atoms with Gasteiger partial charge in [0.1, 0.15) is 0 Å². The number of rotatable bonds is 6. The van der Waals surface area contributed by atoms with Crippen molar-refractivity contribution < 1.29 is 19.1 Å². The van der Waals surface area contributed by atoms with Crippen molar-refractivity contribution >= 4 is 17.8 Å². The summed E-state index contributed by atoms with van der Waals surface area (Å²) in [5, 5.41) is 0. The number of ether oxygens (including phenoxy) is 1. The Kier molecular flexibility index (Phi) is 6.87. The topological polar surface area (TPSA) is 89.4 Å². The highest BCUT2D eigenvalue weighted by Crippen LogP contribution is 2.18. The van der Waals surface area contributed by atoms with Gasteiger partial charge in [0.05, 0.1) is 5.56 Å². The summed E-state index contributed by atoms with van der Waals surface area (Å²) >= 11 is 0. The number of nitrogens with one attached hydrogen (secondary N) is 2. The van der Waals surface area contributed by atoms with Gasteiger partial charge in [0.25, 0.3) is 11.8 Å².